The van der Waals surface area contributed by atoms with Crippen LogP contribution in [0, 0.1) is 13.8 Å². The molecule has 1 aromatic carbocycles. The largest absolute Gasteiger partial charge is 0.373 e. The molecule has 98 valence electrons. The van der Waals surface area contributed by atoms with Gasteiger partial charge in [-0.3, -0.25) is 4.79 Å². The average Bonchev–Trinajstić information content (AvgIpc) is 2.41. The Kier molecular flexibility index (Phi) is 3.99. The van der Waals surface area contributed by atoms with Crippen molar-refractivity contribution in [3.8, 4) is 0 Å². The maximum Gasteiger partial charge on any atom is 0.254 e. The lowest BCUT2D eigenvalue weighted by Crippen LogP contribution is -2.48. The molecular formula is C14H20N2O2. The van der Waals surface area contributed by atoms with Gasteiger partial charge in [0, 0.05) is 25.2 Å². The quantitative estimate of drug-likeness (QED) is 0.852. The Morgan fingerprint density at radius 2 is 2.28 bits per heavy atom. The minimum atomic E-state index is -0.0344. The first-order valence-corrected chi connectivity index (χ1v) is 6.30. The molecule has 0 aromatic heterocycles. The first-order valence-electron chi connectivity index (χ1n) is 6.30. The Hall–Kier alpha value is -1.39. The molecule has 0 spiro atoms. The third-order valence-corrected chi connectivity index (χ3v) is 3.31. The van der Waals surface area contributed by atoms with Crippen LogP contribution in [0.15, 0.2) is 18.2 Å². The molecule has 2 N–H and O–H groups in total. The minimum Gasteiger partial charge on any atom is -0.373 e. The van der Waals surface area contributed by atoms with Gasteiger partial charge in [-0.25, -0.2) is 0 Å². The number of morpholine rings is 1. The van der Waals surface area contributed by atoms with Gasteiger partial charge in [0.1, 0.15) is 0 Å². The molecule has 1 fully saturated rings. The van der Waals surface area contributed by atoms with E-state index in [4.69, 9.17) is 10.5 Å². The molecule has 0 unspecified atom stereocenters. The summed E-state index contributed by atoms with van der Waals surface area (Å²) in [7, 11) is 0. The molecule has 1 aliphatic heterocycles. The standard InChI is InChI=1S/C14H20N2O2/c1-10-3-4-11(2)13(7-10)14(17)16-5-6-18-12(8-15)9-16/h3-4,7,12H,5-6,8-9,15H2,1-2H3/t12-/m0/s1. The van der Waals surface area contributed by atoms with E-state index in [1.54, 1.807) is 0 Å². The van der Waals surface area contributed by atoms with Crippen molar-refractivity contribution in [2.45, 2.75) is 20.0 Å². The smallest absolute Gasteiger partial charge is 0.254 e. The van der Waals surface area contributed by atoms with Crippen molar-refractivity contribution in [1.82, 2.24) is 4.90 Å². The van der Waals surface area contributed by atoms with Crippen molar-refractivity contribution in [3.05, 3.63) is 34.9 Å². The number of nitrogens with two attached hydrogens (primary N) is 1. The molecule has 2 rings (SSSR count). The van der Waals surface area contributed by atoms with Crippen LogP contribution >= 0.6 is 0 Å². The lowest BCUT2D eigenvalue weighted by Gasteiger charge is -2.32. The number of benzene rings is 1. The second-order valence-electron chi connectivity index (χ2n) is 4.80. The Balaban J connectivity index is 2.17. The SMILES string of the molecule is Cc1ccc(C)c(C(=O)N2CCO[C@@H](CN)C2)c1. The molecule has 4 heteroatoms. The minimum absolute atomic E-state index is 0.0344. The fourth-order valence-corrected chi connectivity index (χ4v) is 2.18. The van der Waals surface area contributed by atoms with E-state index in [9.17, 15) is 4.79 Å². The summed E-state index contributed by atoms with van der Waals surface area (Å²) < 4.78 is 5.48. The van der Waals surface area contributed by atoms with Crippen LogP contribution in [0.4, 0.5) is 0 Å². The van der Waals surface area contributed by atoms with E-state index in [1.165, 1.54) is 0 Å². The molecule has 0 bridgehead atoms. The van der Waals surface area contributed by atoms with Crippen LogP contribution in [-0.2, 0) is 4.74 Å². The number of hydrogen-bond acceptors (Lipinski definition) is 3. The predicted molar refractivity (Wildman–Crippen MR) is 70.6 cm³/mol. The fourth-order valence-electron chi connectivity index (χ4n) is 2.18. The van der Waals surface area contributed by atoms with E-state index >= 15 is 0 Å². The fraction of sp³-hybridized carbons (Fsp3) is 0.500. The van der Waals surface area contributed by atoms with Gasteiger partial charge in [0.05, 0.1) is 12.7 Å². The molecule has 1 heterocycles. The van der Waals surface area contributed by atoms with E-state index in [0.29, 0.717) is 26.2 Å². The highest BCUT2D eigenvalue weighted by molar-refractivity contribution is 5.95. The summed E-state index contributed by atoms with van der Waals surface area (Å²) in [5.41, 5.74) is 8.50. The van der Waals surface area contributed by atoms with E-state index < -0.39 is 0 Å². The molecule has 0 radical (unpaired) electrons. The van der Waals surface area contributed by atoms with Gasteiger partial charge in [0.2, 0.25) is 0 Å². The van der Waals surface area contributed by atoms with Gasteiger partial charge in [0.25, 0.3) is 5.91 Å². The summed E-state index contributed by atoms with van der Waals surface area (Å²) in [4.78, 5) is 14.3. The van der Waals surface area contributed by atoms with Crippen LogP contribution in [-0.4, -0.2) is 43.2 Å². The average molecular weight is 248 g/mol. The van der Waals surface area contributed by atoms with Gasteiger partial charge in [-0.15, -0.1) is 0 Å². The van der Waals surface area contributed by atoms with Gasteiger partial charge in [-0.2, -0.15) is 0 Å². The molecule has 0 aliphatic carbocycles. The maximum atomic E-state index is 12.5. The normalized spacial score (nSPS) is 19.9. The third kappa shape index (κ3) is 2.71. The van der Waals surface area contributed by atoms with Gasteiger partial charge < -0.3 is 15.4 Å². The van der Waals surface area contributed by atoms with Gasteiger partial charge in [-0.05, 0) is 25.5 Å². The van der Waals surface area contributed by atoms with E-state index in [1.807, 2.05) is 36.9 Å². The summed E-state index contributed by atoms with van der Waals surface area (Å²) in [6.07, 6.45) is -0.0344. The number of hydrogen-bond donors (Lipinski definition) is 1. The third-order valence-electron chi connectivity index (χ3n) is 3.31. The first-order chi connectivity index (χ1) is 8.61. The van der Waals surface area contributed by atoms with Gasteiger partial charge in [0.15, 0.2) is 0 Å². The van der Waals surface area contributed by atoms with Crippen molar-refractivity contribution >= 4 is 5.91 Å². The maximum absolute atomic E-state index is 12.5. The van der Waals surface area contributed by atoms with Crippen LogP contribution < -0.4 is 5.73 Å². The Bertz CT molecular complexity index is 445. The summed E-state index contributed by atoms with van der Waals surface area (Å²) >= 11 is 0. The summed E-state index contributed by atoms with van der Waals surface area (Å²) in [6.45, 7) is 6.21. The summed E-state index contributed by atoms with van der Waals surface area (Å²) in [5.74, 6) is 0.0814. The van der Waals surface area contributed by atoms with Crippen molar-refractivity contribution in [2.24, 2.45) is 5.73 Å². The highest BCUT2D eigenvalue weighted by Gasteiger charge is 2.24. The summed E-state index contributed by atoms with van der Waals surface area (Å²) in [6, 6.07) is 5.96. The molecule has 1 atom stereocenters. The Labute approximate surface area is 108 Å². The van der Waals surface area contributed by atoms with E-state index in [0.717, 1.165) is 16.7 Å². The second kappa shape index (κ2) is 5.50. The topological polar surface area (TPSA) is 55.6 Å². The van der Waals surface area contributed by atoms with Crippen molar-refractivity contribution in [2.75, 3.05) is 26.2 Å². The summed E-state index contributed by atoms with van der Waals surface area (Å²) in [5, 5.41) is 0. The van der Waals surface area contributed by atoms with E-state index in [2.05, 4.69) is 0 Å². The highest BCUT2D eigenvalue weighted by atomic mass is 16.5. The molecule has 1 saturated heterocycles. The van der Waals surface area contributed by atoms with Crippen molar-refractivity contribution in [3.63, 3.8) is 0 Å². The van der Waals surface area contributed by atoms with E-state index in [-0.39, 0.29) is 12.0 Å². The van der Waals surface area contributed by atoms with Crippen LogP contribution in [0.1, 0.15) is 21.5 Å². The number of nitrogens with zero attached hydrogens (tertiary/aromatic N) is 1. The number of ether oxygens (including phenoxy) is 1. The Morgan fingerprint density at radius 3 is 3.00 bits per heavy atom. The molecule has 18 heavy (non-hydrogen) atoms. The predicted octanol–water partition coefficient (Wildman–Crippen LogP) is 1.10. The molecule has 0 saturated carbocycles. The molecule has 1 aliphatic rings. The van der Waals surface area contributed by atoms with Gasteiger partial charge in [-0.1, -0.05) is 17.7 Å². The van der Waals surface area contributed by atoms with Crippen LogP contribution in [0.5, 0.6) is 0 Å². The molecule has 1 aromatic rings. The highest BCUT2D eigenvalue weighted by Crippen LogP contribution is 2.15. The number of amides is 1. The number of carbonyl (C=O) groups excluding carboxylic acids is 1. The van der Waals surface area contributed by atoms with Crippen LogP contribution in [0.3, 0.4) is 0 Å². The first kappa shape index (κ1) is 13.1. The molecular weight excluding hydrogens is 228 g/mol. The number of aryl methyl sites for hydroxylation is 2. The zero-order valence-electron chi connectivity index (χ0n) is 11.0. The second-order valence-corrected chi connectivity index (χ2v) is 4.80. The molecule has 4 nitrogen and oxygen atoms in total. The lowest BCUT2D eigenvalue weighted by molar-refractivity contribution is -0.0167. The zero-order chi connectivity index (χ0) is 13.1. The lowest BCUT2D eigenvalue weighted by atomic mass is 10.0. The van der Waals surface area contributed by atoms with Crippen molar-refractivity contribution < 1.29 is 9.53 Å². The van der Waals surface area contributed by atoms with Crippen LogP contribution in [0.2, 0.25) is 0 Å². The number of carbonyl (C=O) groups is 1. The number of rotatable bonds is 2. The van der Waals surface area contributed by atoms with Crippen LogP contribution in [0.25, 0.3) is 0 Å². The van der Waals surface area contributed by atoms with Crippen molar-refractivity contribution in [1.29, 1.82) is 0 Å². The van der Waals surface area contributed by atoms with Gasteiger partial charge >= 0.3 is 0 Å². The monoisotopic (exact) mass is 248 g/mol. The Morgan fingerprint density at radius 1 is 1.50 bits per heavy atom. The molecule has 1 amide bonds. The zero-order valence-corrected chi connectivity index (χ0v) is 11.0.